The van der Waals surface area contributed by atoms with Crippen molar-refractivity contribution in [2.24, 2.45) is 11.8 Å². The van der Waals surface area contributed by atoms with Gasteiger partial charge in [-0.3, -0.25) is 4.90 Å². The molecule has 1 saturated heterocycles. The second-order valence-electron chi connectivity index (χ2n) is 9.68. The Bertz CT molecular complexity index is 976. The van der Waals surface area contributed by atoms with Crippen LogP contribution in [0, 0.1) is 11.8 Å². The molecule has 0 amide bonds. The molecule has 2 heterocycles. The van der Waals surface area contributed by atoms with Crippen molar-refractivity contribution in [3.8, 4) is 11.5 Å². The Balaban J connectivity index is 1.63. The van der Waals surface area contributed by atoms with Gasteiger partial charge >= 0.3 is 5.97 Å². The minimum absolute atomic E-state index is 0.0776. The Labute approximate surface area is 196 Å². The SMILES string of the molecule is COc1cc2c(cc1OC)C1CC(O)(C(=O)OCc3ccccc3)[C@@H](CC(C)C)CN1CC2. The van der Waals surface area contributed by atoms with E-state index in [-0.39, 0.29) is 18.6 Å². The summed E-state index contributed by atoms with van der Waals surface area (Å²) >= 11 is 0. The summed E-state index contributed by atoms with van der Waals surface area (Å²) in [6, 6.07) is 13.5. The molecule has 2 unspecified atom stereocenters. The predicted molar refractivity (Wildman–Crippen MR) is 126 cm³/mol. The van der Waals surface area contributed by atoms with Crippen molar-refractivity contribution in [2.75, 3.05) is 27.3 Å². The number of hydrogen-bond donors (Lipinski definition) is 1. The summed E-state index contributed by atoms with van der Waals surface area (Å²) in [4.78, 5) is 15.8. The van der Waals surface area contributed by atoms with Crippen LogP contribution in [0.1, 0.15) is 49.4 Å². The molecule has 33 heavy (non-hydrogen) atoms. The van der Waals surface area contributed by atoms with Gasteiger partial charge in [0.05, 0.1) is 14.2 Å². The van der Waals surface area contributed by atoms with Crippen LogP contribution in [0.2, 0.25) is 0 Å². The van der Waals surface area contributed by atoms with E-state index in [9.17, 15) is 9.90 Å². The van der Waals surface area contributed by atoms with E-state index in [1.807, 2.05) is 42.5 Å². The topological polar surface area (TPSA) is 68.2 Å². The third-order valence-electron chi connectivity index (χ3n) is 7.07. The molecule has 0 bridgehead atoms. The van der Waals surface area contributed by atoms with Crippen molar-refractivity contribution in [3.63, 3.8) is 0 Å². The van der Waals surface area contributed by atoms with Gasteiger partial charge in [0.2, 0.25) is 0 Å². The van der Waals surface area contributed by atoms with Crippen molar-refractivity contribution in [1.29, 1.82) is 0 Å². The number of hydrogen-bond acceptors (Lipinski definition) is 6. The lowest BCUT2D eigenvalue weighted by Gasteiger charge is -2.50. The minimum Gasteiger partial charge on any atom is -0.493 e. The van der Waals surface area contributed by atoms with Gasteiger partial charge in [-0.05, 0) is 47.6 Å². The predicted octanol–water partition coefficient (Wildman–Crippen LogP) is 4.14. The van der Waals surface area contributed by atoms with Crippen molar-refractivity contribution in [1.82, 2.24) is 4.90 Å². The van der Waals surface area contributed by atoms with E-state index in [0.29, 0.717) is 30.4 Å². The monoisotopic (exact) mass is 453 g/mol. The highest BCUT2D eigenvalue weighted by atomic mass is 16.5. The van der Waals surface area contributed by atoms with Crippen LogP contribution in [0.15, 0.2) is 42.5 Å². The van der Waals surface area contributed by atoms with E-state index in [1.54, 1.807) is 14.2 Å². The Morgan fingerprint density at radius 2 is 1.85 bits per heavy atom. The highest BCUT2D eigenvalue weighted by Gasteiger charge is 2.53. The lowest BCUT2D eigenvalue weighted by molar-refractivity contribution is -0.186. The second kappa shape index (κ2) is 9.74. The van der Waals surface area contributed by atoms with E-state index in [0.717, 1.165) is 30.5 Å². The van der Waals surface area contributed by atoms with Gasteiger partial charge in [-0.25, -0.2) is 4.79 Å². The summed E-state index contributed by atoms with van der Waals surface area (Å²) in [7, 11) is 3.26. The summed E-state index contributed by atoms with van der Waals surface area (Å²) < 4.78 is 16.7. The number of carbonyl (C=O) groups excluding carboxylic acids is 1. The smallest absolute Gasteiger partial charge is 0.338 e. The summed E-state index contributed by atoms with van der Waals surface area (Å²) in [5.74, 6) is 1.03. The maximum atomic E-state index is 13.4. The van der Waals surface area contributed by atoms with E-state index < -0.39 is 11.6 Å². The van der Waals surface area contributed by atoms with Crippen molar-refractivity contribution in [3.05, 3.63) is 59.2 Å². The molecule has 2 aliphatic rings. The Kier molecular flexibility index (Phi) is 6.96. The highest BCUT2D eigenvalue weighted by molar-refractivity contribution is 5.80. The summed E-state index contributed by atoms with van der Waals surface area (Å²) in [5, 5.41) is 11.9. The molecular weight excluding hydrogens is 418 g/mol. The normalized spacial score (nSPS) is 24.7. The van der Waals surface area contributed by atoms with E-state index in [2.05, 4.69) is 18.7 Å². The number of aliphatic hydroxyl groups is 1. The number of nitrogens with zero attached hydrogens (tertiary/aromatic N) is 1. The quantitative estimate of drug-likeness (QED) is 0.636. The standard InChI is InChI=1S/C27H35NO5/c1-18(2)12-21-16-28-11-10-20-13-24(31-3)25(32-4)14-22(20)23(28)15-27(21,30)26(29)33-17-19-8-6-5-7-9-19/h5-9,13-14,18,21,23,30H,10-12,15-17H2,1-4H3/t21-,23?,27?/m0/s1. The van der Waals surface area contributed by atoms with Gasteiger partial charge in [0.25, 0.3) is 0 Å². The van der Waals surface area contributed by atoms with Gasteiger partial charge in [-0.2, -0.15) is 0 Å². The molecule has 2 aromatic rings. The van der Waals surface area contributed by atoms with E-state index >= 15 is 0 Å². The Hall–Kier alpha value is -2.57. The van der Waals surface area contributed by atoms with Crippen LogP contribution in [0.4, 0.5) is 0 Å². The summed E-state index contributed by atoms with van der Waals surface area (Å²) in [6.45, 7) is 5.96. The lowest BCUT2D eigenvalue weighted by atomic mass is 9.71. The molecule has 6 nitrogen and oxygen atoms in total. The van der Waals surface area contributed by atoms with Crippen LogP contribution in [0.5, 0.6) is 11.5 Å². The van der Waals surface area contributed by atoms with Gasteiger partial charge in [-0.1, -0.05) is 44.2 Å². The van der Waals surface area contributed by atoms with Crippen LogP contribution >= 0.6 is 0 Å². The zero-order chi connectivity index (χ0) is 23.6. The molecule has 1 N–H and O–H groups in total. The number of rotatable bonds is 7. The van der Waals surface area contributed by atoms with Gasteiger partial charge in [0, 0.05) is 31.5 Å². The van der Waals surface area contributed by atoms with Crippen LogP contribution in [-0.4, -0.2) is 48.9 Å². The average molecular weight is 454 g/mol. The van der Waals surface area contributed by atoms with Crippen LogP contribution < -0.4 is 9.47 Å². The number of ether oxygens (including phenoxy) is 3. The van der Waals surface area contributed by atoms with Crippen LogP contribution in [-0.2, 0) is 22.6 Å². The lowest BCUT2D eigenvalue weighted by Crippen LogP contribution is -2.59. The molecule has 0 saturated carbocycles. The second-order valence-corrected chi connectivity index (χ2v) is 9.68. The molecule has 178 valence electrons. The largest absolute Gasteiger partial charge is 0.493 e. The molecule has 2 aliphatic heterocycles. The van der Waals surface area contributed by atoms with E-state index in [4.69, 9.17) is 14.2 Å². The molecule has 2 aromatic carbocycles. The minimum atomic E-state index is -1.54. The molecule has 0 spiro atoms. The first-order chi connectivity index (χ1) is 15.9. The highest BCUT2D eigenvalue weighted by Crippen LogP contribution is 2.47. The number of piperidine rings is 1. The van der Waals surface area contributed by atoms with Crippen molar-refractivity contribution in [2.45, 2.75) is 51.4 Å². The molecule has 1 fully saturated rings. The maximum Gasteiger partial charge on any atom is 0.338 e. The first kappa shape index (κ1) is 23.6. The van der Waals surface area contributed by atoms with Gasteiger partial charge in [-0.15, -0.1) is 0 Å². The molecule has 6 heteroatoms. The third kappa shape index (κ3) is 4.73. The first-order valence-electron chi connectivity index (χ1n) is 11.8. The number of methoxy groups -OCH3 is 2. The van der Waals surface area contributed by atoms with Crippen LogP contribution in [0.3, 0.4) is 0 Å². The molecule has 0 aliphatic carbocycles. The molecule has 3 atom stereocenters. The zero-order valence-corrected chi connectivity index (χ0v) is 20.0. The molecule has 0 aromatic heterocycles. The third-order valence-corrected chi connectivity index (χ3v) is 7.07. The van der Waals surface area contributed by atoms with Gasteiger partial charge in [0.15, 0.2) is 17.1 Å². The van der Waals surface area contributed by atoms with Crippen molar-refractivity contribution >= 4 is 5.97 Å². The number of carbonyl (C=O) groups is 1. The summed E-state index contributed by atoms with van der Waals surface area (Å²) in [5.41, 5.74) is 1.64. The first-order valence-corrected chi connectivity index (χ1v) is 11.8. The summed E-state index contributed by atoms with van der Waals surface area (Å²) in [6.07, 6.45) is 1.97. The van der Waals surface area contributed by atoms with Crippen LogP contribution in [0.25, 0.3) is 0 Å². The molecule has 4 rings (SSSR count). The maximum absolute atomic E-state index is 13.4. The number of benzene rings is 2. The fraction of sp³-hybridized carbons (Fsp3) is 0.519. The molecular formula is C27H35NO5. The fourth-order valence-electron chi connectivity index (χ4n) is 5.37. The Morgan fingerprint density at radius 3 is 2.52 bits per heavy atom. The average Bonchev–Trinajstić information content (AvgIpc) is 2.82. The number of fused-ring (bicyclic) bond motifs is 3. The number of esters is 1. The Morgan fingerprint density at radius 1 is 1.15 bits per heavy atom. The fourth-order valence-corrected chi connectivity index (χ4v) is 5.37. The van der Waals surface area contributed by atoms with E-state index in [1.165, 1.54) is 5.56 Å². The molecule has 0 radical (unpaired) electrons. The zero-order valence-electron chi connectivity index (χ0n) is 20.0. The van der Waals surface area contributed by atoms with Gasteiger partial charge < -0.3 is 19.3 Å². The van der Waals surface area contributed by atoms with Gasteiger partial charge in [0.1, 0.15) is 6.61 Å². The van der Waals surface area contributed by atoms with Crippen molar-refractivity contribution < 1.29 is 24.1 Å².